The Kier molecular flexibility index (Phi) is 11.0. The molecule has 5 rings (SSSR count). The van der Waals surface area contributed by atoms with Crippen LogP contribution in [0.25, 0.3) is 0 Å². The number of carbonyl (C=O) groups is 3. The van der Waals surface area contributed by atoms with Gasteiger partial charge in [0.05, 0.1) is 18.6 Å². The highest BCUT2D eigenvalue weighted by Gasteiger charge is 2.56. The molecule has 0 saturated heterocycles. The van der Waals surface area contributed by atoms with Crippen molar-refractivity contribution in [3.63, 3.8) is 0 Å². The molecule has 0 heterocycles. The fourth-order valence-corrected chi connectivity index (χ4v) is 7.06. The van der Waals surface area contributed by atoms with Gasteiger partial charge in [-0.3, -0.25) is 14.4 Å². The Morgan fingerprint density at radius 2 is 1.48 bits per heavy atom. The number of ether oxygens (including phenoxy) is 2. The second-order valence-corrected chi connectivity index (χ2v) is 13.2. The molecule has 4 unspecified atom stereocenters. The molecule has 1 saturated carbocycles. The number of hydrogen-bond donors (Lipinski definition) is 3. The quantitative estimate of drug-likeness (QED) is 0.139. The number of ketones is 1. The largest absolute Gasteiger partial charge is 0.493 e. The number of benzene rings is 4. The van der Waals surface area contributed by atoms with Gasteiger partial charge >= 0.3 is 0 Å². The minimum Gasteiger partial charge on any atom is -0.493 e. The smallest absolute Gasteiger partial charge is 0.235 e. The zero-order valence-corrected chi connectivity index (χ0v) is 29.2. The van der Waals surface area contributed by atoms with Crippen molar-refractivity contribution in [2.24, 2.45) is 11.8 Å². The maximum Gasteiger partial charge on any atom is 0.235 e. The summed E-state index contributed by atoms with van der Waals surface area (Å²) < 4.78 is 12.8. The van der Waals surface area contributed by atoms with Gasteiger partial charge in [0.2, 0.25) is 11.8 Å². The van der Waals surface area contributed by atoms with Crippen LogP contribution in [0.5, 0.6) is 11.5 Å². The lowest BCUT2D eigenvalue weighted by Gasteiger charge is -2.44. The molecule has 8 nitrogen and oxygen atoms in total. The van der Waals surface area contributed by atoms with Gasteiger partial charge in [-0.05, 0) is 78.4 Å². The summed E-state index contributed by atoms with van der Waals surface area (Å²) in [5.41, 5.74) is 2.72. The zero-order valence-electron chi connectivity index (χ0n) is 27.6. The van der Waals surface area contributed by atoms with E-state index < -0.39 is 41.0 Å². The maximum atomic E-state index is 14.3. The van der Waals surface area contributed by atoms with Crippen molar-refractivity contribution >= 4 is 44.9 Å². The Labute approximate surface area is 290 Å². The molecule has 3 N–H and O–H groups in total. The van der Waals surface area contributed by atoms with Crippen LogP contribution in [0, 0.1) is 11.8 Å². The third-order valence-electron chi connectivity index (χ3n) is 9.00. The average molecular weight is 714 g/mol. The lowest BCUT2D eigenvalue weighted by Crippen LogP contribution is -2.56. The highest BCUT2D eigenvalue weighted by molar-refractivity contribution is 9.10. The Bertz CT molecular complexity index is 1800. The van der Waals surface area contributed by atoms with Crippen molar-refractivity contribution in [1.29, 1.82) is 0 Å². The van der Waals surface area contributed by atoms with Crippen LogP contribution in [-0.4, -0.2) is 35.4 Å². The fraction of sp³-hybridized carbons (Fsp3) is 0.308. The summed E-state index contributed by atoms with van der Waals surface area (Å²) in [6, 6.07) is 27.8. The molecule has 0 bridgehead atoms. The first kappa shape index (κ1) is 34.9. The molecular formula is C39H41BrN2O6. The summed E-state index contributed by atoms with van der Waals surface area (Å²) in [6.45, 7) is 5.73. The summed E-state index contributed by atoms with van der Waals surface area (Å²) >= 11 is 3.48. The van der Waals surface area contributed by atoms with Crippen LogP contribution in [0.2, 0.25) is 0 Å². The lowest BCUT2D eigenvalue weighted by molar-refractivity contribution is -0.150. The third kappa shape index (κ3) is 7.63. The summed E-state index contributed by atoms with van der Waals surface area (Å²) in [7, 11) is 1.50. The first-order valence-corrected chi connectivity index (χ1v) is 16.9. The van der Waals surface area contributed by atoms with E-state index >= 15 is 0 Å². The molecule has 4 atom stereocenters. The number of hydrogen-bond acceptors (Lipinski definition) is 6. The van der Waals surface area contributed by atoms with Gasteiger partial charge in [-0.25, -0.2) is 0 Å². The molecule has 48 heavy (non-hydrogen) atoms. The van der Waals surface area contributed by atoms with Crippen molar-refractivity contribution in [2.75, 3.05) is 17.7 Å². The number of rotatable bonds is 11. The van der Waals surface area contributed by atoms with E-state index in [1.807, 2.05) is 74.5 Å². The zero-order chi connectivity index (χ0) is 34.4. The molecule has 2 amide bonds. The van der Waals surface area contributed by atoms with Crippen molar-refractivity contribution < 1.29 is 29.0 Å². The van der Waals surface area contributed by atoms with Gasteiger partial charge in [0.25, 0.3) is 0 Å². The molecule has 250 valence electrons. The number of nitrogens with one attached hydrogen (secondary N) is 2. The number of halogens is 1. The summed E-state index contributed by atoms with van der Waals surface area (Å²) in [5, 5.41) is 17.8. The van der Waals surface area contributed by atoms with Crippen LogP contribution >= 0.6 is 15.9 Å². The number of para-hydroxylation sites is 2. The minimum absolute atomic E-state index is 0.273. The van der Waals surface area contributed by atoms with Crippen molar-refractivity contribution in [3.05, 3.63) is 118 Å². The molecule has 1 aliphatic carbocycles. The molecule has 0 spiro atoms. The number of aryl methyl sites for hydroxylation is 2. The molecule has 1 fully saturated rings. The van der Waals surface area contributed by atoms with Gasteiger partial charge in [0.15, 0.2) is 11.5 Å². The number of methoxy groups -OCH3 is 1. The van der Waals surface area contributed by atoms with Crippen molar-refractivity contribution in [2.45, 2.75) is 58.2 Å². The summed E-state index contributed by atoms with van der Waals surface area (Å²) in [6.07, 6.45) is 0.989. The van der Waals surface area contributed by atoms with Gasteiger partial charge in [0, 0.05) is 28.2 Å². The normalized spacial score (nSPS) is 20.5. The van der Waals surface area contributed by atoms with E-state index in [-0.39, 0.29) is 13.0 Å². The van der Waals surface area contributed by atoms with Gasteiger partial charge in [-0.2, -0.15) is 0 Å². The van der Waals surface area contributed by atoms with Gasteiger partial charge in [0.1, 0.15) is 18.3 Å². The highest BCUT2D eigenvalue weighted by atomic mass is 79.9. The van der Waals surface area contributed by atoms with Gasteiger partial charge < -0.3 is 25.2 Å². The summed E-state index contributed by atoms with van der Waals surface area (Å²) in [4.78, 5) is 42.4. The van der Waals surface area contributed by atoms with E-state index in [1.165, 1.54) is 14.0 Å². The summed E-state index contributed by atoms with van der Waals surface area (Å²) in [5.74, 6) is -4.14. The van der Waals surface area contributed by atoms with Crippen molar-refractivity contribution in [1.82, 2.24) is 0 Å². The first-order valence-electron chi connectivity index (χ1n) is 16.1. The Morgan fingerprint density at radius 1 is 0.854 bits per heavy atom. The van der Waals surface area contributed by atoms with E-state index in [0.29, 0.717) is 41.3 Å². The fourth-order valence-electron chi connectivity index (χ4n) is 6.61. The second kappa shape index (κ2) is 15.2. The number of carbonyl (C=O) groups excluding carboxylic acids is 3. The SMILES string of the molecule is CCc1ccccc1NC(=O)C1C(=O)CC(C)(O)C(C(=O)Nc2ccccc2CC)C1c1ccc(OCc2cccc(Br)c2)c(OC)c1. The Morgan fingerprint density at radius 3 is 2.08 bits per heavy atom. The lowest BCUT2D eigenvalue weighted by atomic mass is 9.61. The molecule has 4 aromatic rings. The first-order chi connectivity index (χ1) is 23.1. The number of Topliss-reactive ketones (excluding diaryl/α,β-unsaturated/α-hetero) is 1. The molecular weight excluding hydrogens is 672 g/mol. The van der Waals surface area contributed by atoms with Crippen molar-refractivity contribution in [3.8, 4) is 11.5 Å². The van der Waals surface area contributed by atoms with Crippen LogP contribution in [-0.2, 0) is 33.8 Å². The Hall–Kier alpha value is -4.47. The minimum atomic E-state index is -1.76. The standard InChI is InChI=1S/C39H41BrN2O6/c1-5-25-13-7-9-16-29(25)41-37(44)35-31(43)22-39(3,46)36(38(45)42-30-17-10-8-14-26(30)6-2)34(35)27-18-19-32(33(21-27)47-4)48-23-24-12-11-15-28(40)20-24/h7-21,34-36,46H,5-6,22-23H2,1-4H3,(H,41,44)(H,42,45). The van der Waals surface area contributed by atoms with E-state index in [1.54, 1.807) is 30.3 Å². The van der Waals surface area contributed by atoms with Gasteiger partial charge in [-0.1, -0.05) is 84.4 Å². The van der Waals surface area contributed by atoms with Gasteiger partial charge in [-0.15, -0.1) is 0 Å². The topological polar surface area (TPSA) is 114 Å². The predicted molar refractivity (Wildman–Crippen MR) is 190 cm³/mol. The van der Waals surface area contributed by atoms with E-state index in [0.717, 1.165) is 21.2 Å². The van der Waals surface area contributed by atoms with E-state index in [9.17, 15) is 19.5 Å². The van der Waals surface area contributed by atoms with Crippen LogP contribution in [0.3, 0.4) is 0 Å². The molecule has 0 aromatic heterocycles. The van der Waals surface area contributed by atoms with Crippen LogP contribution in [0.15, 0.2) is 95.5 Å². The number of anilines is 2. The molecule has 0 aliphatic heterocycles. The Balaban J connectivity index is 1.57. The van der Waals surface area contributed by atoms with Crippen LogP contribution < -0.4 is 20.1 Å². The monoisotopic (exact) mass is 712 g/mol. The maximum absolute atomic E-state index is 14.3. The molecule has 0 radical (unpaired) electrons. The predicted octanol–water partition coefficient (Wildman–Crippen LogP) is 7.48. The molecule has 9 heteroatoms. The van der Waals surface area contributed by atoms with Crippen LogP contribution in [0.1, 0.15) is 55.4 Å². The molecule has 4 aromatic carbocycles. The van der Waals surface area contributed by atoms with Crippen LogP contribution in [0.4, 0.5) is 11.4 Å². The highest BCUT2D eigenvalue weighted by Crippen LogP contribution is 2.48. The number of aliphatic hydroxyl groups is 1. The third-order valence-corrected chi connectivity index (χ3v) is 9.49. The van der Waals surface area contributed by atoms with E-state index in [2.05, 4.69) is 26.6 Å². The second-order valence-electron chi connectivity index (χ2n) is 12.3. The molecule has 1 aliphatic rings. The average Bonchev–Trinajstić information content (AvgIpc) is 3.06. The van der Waals surface area contributed by atoms with E-state index in [4.69, 9.17) is 9.47 Å². The number of amides is 2.